The van der Waals surface area contributed by atoms with Crippen LogP contribution in [0.5, 0.6) is 0 Å². The lowest BCUT2D eigenvalue weighted by Crippen LogP contribution is -2.25. The summed E-state index contributed by atoms with van der Waals surface area (Å²) in [5, 5.41) is 4.47. The molecule has 21 heavy (non-hydrogen) atoms. The molecule has 3 heteroatoms. The van der Waals surface area contributed by atoms with Crippen molar-refractivity contribution in [3.63, 3.8) is 0 Å². The average Bonchev–Trinajstić information content (AvgIpc) is 2.46. The molecule has 1 unspecified atom stereocenters. The molecule has 2 rings (SSSR count). The molecule has 1 atom stereocenters. The maximum atomic E-state index is 6.38. The van der Waals surface area contributed by atoms with Crippen LogP contribution in [0.1, 0.15) is 36.1 Å². The van der Waals surface area contributed by atoms with E-state index in [1.54, 1.807) is 0 Å². The fraction of sp³-hybridized carbons (Fsp3) is 0.333. The van der Waals surface area contributed by atoms with E-state index in [2.05, 4.69) is 71.5 Å². The van der Waals surface area contributed by atoms with Crippen molar-refractivity contribution in [1.29, 1.82) is 0 Å². The number of aryl methyl sites for hydroxylation is 1. The second-order valence-corrected chi connectivity index (χ2v) is 6.63. The SMILES string of the molecule is CCCNC(Cc1ccc(Br)cc1Cl)c1ccccc1C. The molecule has 0 bridgehead atoms. The topological polar surface area (TPSA) is 12.0 Å². The third-order valence-electron chi connectivity index (χ3n) is 3.64. The van der Waals surface area contributed by atoms with Gasteiger partial charge >= 0.3 is 0 Å². The Labute approximate surface area is 140 Å². The van der Waals surface area contributed by atoms with E-state index in [4.69, 9.17) is 11.6 Å². The molecule has 0 aliphatic heterocycles. The molecule has 0 aliphatic carbocycles. The molecule has 0 spiro atoms. The molecule has 0 amide bonds. The fourth-order valence-corrected chi connectivity index (χ4v) is 3.25. The second-order valence-electron chi connectivity index (χ2n) is 5.30. The Morgan fingerprint density at radius 2 is 1.95 bits per heavy atom. The van der Waals surface area contributed by atoms with E-state index in [1.165, 1.54) is 16.7 Å². The fourth-order valence-electron chi connectivity index (χ4n) is 2.50. The molecule has 112 valence electrons. The molecule has 0 fully saturated rings. The molecule has 0 saturated carbocycles. The van der Waals surface area contributed by atoms with Crippen molar-refractivity contribution < 1.29 is 0 Å². The number of rotatable bonds is 6. The monoisotopic (exact) mass is 365 g/mol. The number of benzene rings is 2. The second kappa shape index (κ2) is 7.98. The van der Waals surface area contributed by atoms with Crippen LogP contribution < -0.4 is 5.32 Å². The minimum absolute atomic E-state index is 0.296. The summed E-state index contributed by atoms with van der Waals surface area (Å²) in [5.41, 5.74) is 3.85. The van der Waals surface area contributed by atoms with Crippen LogP contribution in [0, 0.1) is 6.92 Å². The minimum atomic E-state index is 0.296. The van der Waals surface area contributed by atoms with Gasteiger partial charge in [0.15, 0.2) is 0 Å². The maximum Gasteiger partial charge on any atom is 0.0449 e. The number of hydrogen-bond donors (Lipinski definition) is 1. The van der Waals surface area contributed by atoms with Crippen molar-refractivity contribution in [2.75, 3.05) is 6.54 Å². The van der Waals surface area contributed by atoms with Crippen LogP contribution in [0.2, 0.25) is 5.02 Å². The van der Waals surface area contributed by atoms with Crippen LogP contribution in [-0.4, -0.2) is 6.54 Å². The maximum absolute atomic E-state index is 6.38. The summed E-state index contributed by atoms with van der Waals surface area (Å²) in [6.45, 7) is 5.36. The minimum Gasteiger partial charge on any atom is -0.310 e. The van der Waals surface area contributed by atoms with Crippen LogP contribution in [0.15, 0.2) is 46.9 Å². The average molecular weight is 367 g/mol. The van der Waals surface area contributed by atoms with Gasteiger partial charge in [0.25, 0.3) is 0 Å². The summed E-state index contributed by atoms with van der Waals surface area (Å²) in [5.74, 6) is 0. The van der Waals surface area contributed by atoms with Crippen LogP contribution in [0.4, 0.5) is 0 Å². The molecule has 2 aromatic carbocycles. The Bertz CT molecular complexity index is 598. The largest absolute Gasteiger partial charge is 0.310 e. The first-order valence-corrected chi connectivity index (χ1v) is 8.51. The van der Waals surface area contributed by atoms with Gasteiger partial charge in [0.2, 0.25) is 0 Å². The summed E-state index contributed by atoms with van der Waals surface area (Å²) in [7, 11) is 0. The molecule has 2 aromatic rings. The van der Waals surface area contributed by atoms with Gasteiger partial charge in [-0.2, -0.15) is 0 Å². The summed E-state index contributed by atoms with van der Waals surface area (Å²) < 4.78 is 1.02. The molecule has 0 aliphatic rings. The third-order valence-corrected chi connectivity index (χ3v) is 4.49. The van der Waals surface area contributed by atoms with E-state index in [1.807, 2.05) is 6.07 Å². The highest BCUT2D eigenvalue weighted by atomic mass is 79.9. The standard InChI is InChI=1S/C18H21BrClN/c1-3-10-21-18(16-7-5-4-6-13(16)2)11-14-8-9-15(19)12-17(14)20/h4-9,12,18,21H,3,10-11H2,1-2H3. The highest BCUT2D eigenvalue weighted by molar-refractivity contribution is 9.10. The van der Waals surface area contributed by atoms with Gasteiger partial charge in [-0.3, -0.25) is 0 Å². The lowest BCUT2D eigenvalue weighted by Gasteiger charge is -2.21. The highest BCUT2D eigenvalue weighted by Crippen LogP contribution is 2.27. The quantitative estimate of drug-likeness (QED) is 0.692. The van der Waals surface area contributed by atoms with Crippen LogP contribution in [0.25, 0.3) is 0 Å². The first-order valence-electron chi connectivity index (χ1n) is 7.34. The normalized spacial score (nSPS) is 12.4. The van der Waals surface area contributed by atoms with Gasteiger partial charge in [-0.1, -0.05) is 64.8 Å². The Balaban J connectivity index is 2.26. The Morgan fingerprint density at radius 1 is 1.19 bits per heavy atom. The first-order chi connectivity index (χ1) is 10.1. The number of nitrogens with one attached hydrogen (secondary N) is 1. The Hall–Kier alpha value is -0.830. The molecule has 0 radical (unpaired) electrons. The Kier molecular flexibility index (Phi) is 6.28. The Morgan fingerprint density at radius 3 is 2.62 bits per heavy atom. The first kappa shape index (κ1) is 16.5. The van der Waals surface area contributed by atoms with E-state index in [0.29, 0.717) is 6.04 Å². The lowest BCUT2D eigenvalue weighted by atomic mass is 9.95. The molecule has 0 heterocycles. The van der Waals surface area contributed by atoms with Gasteiger partial charge in [0, 0.05) is 15.5 Å². The summed E-state index contributed by atoms with van der Waals surface area (Å²) in [6, 6.07) is 15.0. The van der Waals surface area contributed by atoms with Crippen molar-refractivity contribution in [2.24, 2.45) is 0 Å². The van der Waals surface area contributed by atoms with Gasteiger partial charge in [-0.05, 0) is 55.1 Å². The van der Waals surface area contributed by atoms with Crippen LogP contribution >= 0.6 is 27.5 Å². The molecule has 0 saturated heterocycles. The third kappa shape index (κ3) is 4.57. The van der Waals surface area contributed by atoms with Crippen molar-refractivity contribution in [3.05, 3.63) is 68.7 Å². The zero-order chi connectivity index (χ0) is 15.2. The smallest absolute Gasteiger partial charge is 0.0449 e. The van der Waals surface area contributed by atoms with Gasteiger partial charge in [-0.25, -0.2) is 0 Å². The predicted molar refractivity (Wildman–Crippen MR) is 95.1 cm³/mol. The van der Waals surface area contributed by atoms with Gasteiger partial charge in [-0.15, -0.1) is 0 Å². The molecule has 0 aromatic heterocycles. The van der Waals surface area contributed by atoms with Crippen molar-refractivity contribution in [2.45, 2.75) is 32.7 Å². The van der Waals surface area contributed by atoms with E-state index in [-0.39, 0.29) is 0 Å². The summed E-state index contributed by atoms with van der Waals surface area (Å²) >= 11 is 9.84. The highest BCUT2D eigenvalue weighted by Gasteiger charge is 2.15. The van der Waals surface area contributed by atoms with Crippen molar-refractivity contribution in [1.82, 2.24) is 5.32 Å². The number of halogens is 2. The summed E-state index contributed by atoms with van der Waals surface area (Å²) in [4.78, 5) is 0. The molecule has 1 nitrogen and oxygen atoms in total. The zero-order valence-electron chi connectivity index (χ0n) is 12.5. The molecular formula is C18H21BrClN. The van der Waals surface area contributed by atoms with E-state index in [9.17, 15) is 0 Å². The molecular weight excluding hydrogens is 346 g/mol. The van der Waals surface area contributed by atoms with Crippen LogP contribution in [-0.2, 0) is 6.42 Å². The molecule has 1 N–H and O–H groups in total. The zero-order valence-corrected chi connectivity index (χ0v) is 14.8. The van der Waals surface area contributed by atoms with Crippen molar-refractivity contribution in [3.8, 4) is 0 Å². The number of hydrogen-bond acceptors (Lipinski definition) is 1. The van der Waals surface area contributed by atoms with E-state index >= 15 is 0 Å². The van der Waals surface area contributed by atoms with E-state index < -0.39 is 0 Å². The van der Waals surface area contributed by atoms with Gasteiger partial charge in [0.1, 0.15) is 0 Å². The summed E-state index contributed by atoms with van der Waals surface area (Å²) in [6.07, 6.45) is 2.02. The van der Waals surface area contributed by atoms with E-state index in [0.717, 1.165) is 28.9 Å². The van der Waals surface area contributed by atoms with Gasteiger partial charge < -0.3 is 5.32 Å². The lowest BCUT2D eigenvalue weighted by molar-refractivity contribution is 0.527. The van der Waals surface area contributed by atoms with Crippen molar-refractivity contribution >= 4 is 27.5 Å². The van der Waals surface area contributed by atoms with Crippen LogP contribution in [0.3, 0.4) is 0 Å². The van der Waals surface area contributed by atoms with Gasteiger partial charge in [0.05, 0.1) is 0 Å². The predicted octanol–water partition coefficient (Wildman–Crippen LogP) is 5.69.